The van der Waals surface area contributed by atoms with Crippen molar-refractivity contribution in [2.75, 3.05) is 39.8 Å². The number of piperazine rings is 1. The molecule has 0 unspecified atom stereocenters. The standard InChI is InChI=1S/C15H20N4O4.ClH/c1-11-3-4-13(19(22)23)12(9-11)15(21)17(2)10-14(20)18-7-5-16-6-8-18;/h3-4,9,16H,5-8,10H2,1-2H3;1H. The van der Waals surface area contributed by atoms with Crippen molar-refractivity contribution in [3.63, 3.8) is 0 Å². The van der Waals surface area contributed by atoms with E-state index < -0.39 is 10.8 Å². The molecule has 1 N–H and O–H groups in total. The first-order chi connectivity index (χ1) is 10.9. The molecular formula is C15H21ClN4O4. The Morgan fingerprint density at radius 3 is 2.54 bits per heavy atom. The van der Waals surface area contributed by atoms with Crippen LogP contribution in [0, 0.1) is 17.0 Å². The number of aryl methyl sites for hydroxylation is 1. The molecule has 1 aromatic carbocycles. The van der Waals surface area contributed by atoms with E-state index in [4.69, 9.17) is 0 Å². The van der Waals surface area contributed by atoms with Gasteiger partial charge in [0.15, 0.2) is 0 Å². The summed E-state index contributed by atoms with van der Waals surface area (Å²) in [6.07, 6.45) is 0. The van der Waals surface area contributed by atoms with E-state index in [1.807, 2.05) is 0 Å². The van der Waals surface area contributed by atoms with Crippen LogP contribution in [0.25, 0.3) is 0 Å². The number of nitrogens with one attached hydrogen (secondary N) is 1. The smallest absolute Gasteiger partial charge is 0.282 e. The summed E-state index contributed by atoms with van der Waals surface area (Å²) < 4.78 is 0. The van der Waals surface area contributed by atoms with E-state index in [9.17, 15) is 19.7 Å². The molecule has 1 aliphatic heterocycles. The fourth-order valence-corrected chi connectivity index (χ4v) is 2.47. The van der Waals surface area contributed by atoms with Gasteiger partial charge in [0.25, 0.3) is 11.6 Å². The highest BCUT2D eigenvalue weighted by atomic mass is 35.5. The van der Waals surface area contributed by atoms with Crippen molar-refractivity contribution in [1.82, 2.24) is 15.1 Å². The van der Waals surface area contributed by atoms with Gasteiger partial charge in [-0.3, -0.25) is 19.7 Å². The fraction of sp³-hybridized carbons (Fsp3) is 0.467. The number of carbonyl (C=O) groups is 2. The van der Waals surface area contributed by atoms with Crippen molar-refractivity contribution in [3.8, 4) is 0 Å². The molecule has 24 heavy (non-hydrogen) atoms. The summed E-state index contributed by atoms with van der Waals surface area (Å²) in [6, 6.07) is 4.38. The molecule has 0 radical (unpaired) electrons. The Hall–Kier alpha value is -2.19. The first-order valence-corrected chi connectivity index (χ1v) is 7.39. The van der Waals surface area contributed by atoms with Crippen molar-refractivity contribution in [3.05, 3.63) is 39.4 Å². The molecule has 0 bridgehead atoms. The highest BCUT2D eigenvalue weighted by Gasteiger charge is 2.25. The van der Waals surface area contributed by atoms with E-state index in [2.05, 4.69) is 5.32 Å². The van der Waals surface area contributed by atoms with Crippen LogP contribution < -0.4 is 5.32 Å². The normalized spacial score (nSPS) is 13.8. The van der Waals surface area contributed by atoms with Crippen LogP contribution in [0.3, 0.4) is 0 Å². The van der Waals surface area contributed by atoms with E-state index in [1.54, 1.807) is 17.9 Å². The number of nitro groups is 1. The van der Waals surface area contributed by atoms with Crippen LogP contribution in [-0.2, 0) is 4.79 Å². The molecule has 2 rings (SSSR count). The molecule has 1 saturated heterocycles. The number of amides is 2. The number of halogens is 1. The maximum atomic E-state index is 12.5. The molecule has 2 amide bonds. The summed E-state index contributed by atoms with van der Waals surface area (Å²) in [5.41, 5.74) is 0.508. The van der Waals surface area contributed by atoms with Crippen LogP contribution in [0.4, 0.5) is 5.69 Å². The monoisotopic (exact) mass is 356 g/mol. The number of hydrogen-bond acceptors (Lipinski definition) is 5. The van der Waals surface area contributed by atoms with Crippen molar-refractivity contribution in [1.29, 1.82) is 0 Å². The van der Waals surface area contributed by atoms with Crippen LogP contribution >= 0.6 is 12.4 Å². The number of likely N-dealkylation sites (N-methyl/N-ethyl adjacent to an activating group) is 1. The largest absolute Gasteiger partial charge is 0.339 e. The van der Waals surface area contributed by atoms with Gasteiger partial charge >= 0.3 is 0 Å². The Bertz CT molecular complexity index is 632. The van der Waals surface area contributed by atoms with Gasteiger partial charge in [0.05, 0.1) is 11.5 Å². The minimum absolute atomic E-state index is 0. The van der Waals surface area contributed by atoms with Crippen LogP contribution in [-0.4, -0.2) is 66.3 Å². The van der Waals surface area contributed by atoms with E-state index in [0.717, 1.165) is 18.7 Å². The molecule has 0 aromatic heterocycles. The van der Waals surface area contributed by atoms with Gasteiger partial charge in [-0.05, 0) is 18.6 Å². The van der Waals surface area contributed by atoms with E-state index in [0.29, 0.717) is 13.1 Å². The van der Waals surface area contributed by atoms with Crippen molar-refractivity contribution < 1.29 is 14.5 Å². The zero-order valence-electron chi connectivity index (χ0n) is 13.7. The summed E-state index contributed by atoms with van der Waals surface area (Å²) in [4.78, 5) is 38.1. The first-order valence-electron chi connectivity index (χ1n) is 7.39. The van der Waals surface area contributed by atoms with Crippen LogP contribution in [0.2, 0.25) is 0 Å². The Morgan fingerprint density at radius 2 is 1.96 bits per heavy atom. The maximum absolute atomic E-state index is 12.5. The Labute approximate surface area is 146 Å². The van der Waals surface area contributed by atoms with Gasteiger partial charge < -0.3 is 15.1 Å². The lowest BCUT2D eigenvalue weighted by Crippen LogP contribution is -2.49. The fourth-order valence-electron chi connectivity index (χ4n) is 2.47. The van der Waals surface area contributed by atoms with Gasteiger partial charge in [-0.15, -0.1) is 12.4 Å². The summed E-state index contributed by atoms with van der Waals surface area (Å²) in [6.45, 7) is 4.33. The summed E-state index contributed by atoms with van der Waals surface area (Å²) in [7, 11) is 1.48. The van der Waals surface area contributed by atoms with E-state index in [1.165, 1.54) is 24.1 Å². The number of nitro benzene ring substituents is 1. The topological polar surface area (TPSA) is 95.8 Å². The number of nitrogens with zero attached hydrogens (tertiary/aromatic N) is 3. The van der Waals surface area contributed by atoms with Crippen molar-refractivity contribution in [2.24, 2.45) is 0 Å². The predicted molar refractivity (Wildman–Crippen MR) is 91.5 cm³/mol. The van der Waals surface area contributed by atoms with Crippen LogP contribution in [0.15, 0.2) is 18.2 Å². The van der Waals surface area contributed by atoms with Gasteiger partial charge in [-0.1, -0.05) is 6.07 Å². The van der Waals surface area contributed by atoms with Crippen molar-refractivity contribution in [2.45, 2.75) is 6.92 Å². The highest BCUT2D eigenvalue weighted by molar-refractivity contribution is 5.99. The maximum Gasteiger partial charge on any atom is 0.282 e. The number of carbonyl (C=O) groups excluding carboxylic acids is 2. The van der Waals surface area contributed by atoms with Gasteiger partial charge in [0, 0.05) is 39.3 Å². The number of hydrogen-bond donors (Lipinski definition) is 1. The molecule has 9 heteroatoms. The lowest BCUT2D eigenvalue weighted by atomic mass is 10.1. The second-order valence-corrected chi connectivity index (χ2v) is 5.57. The third-order valence-corrected chi connectivity index (χ3v) is 3.77. The summed E-state index contributed by atoms with van der Waals surface area (Å²) in [5.74, 6) is -0.679. The second-order valence-electron chi connectivity index (χ2n) is 5.57. The Kier molecular flexibility index (Phi) is 7.12. The average Bonchev–Trinajstić information content (AvgIpc) is 2.54. The molecular weight excluding hydrogens is 336 g/mol. The quantitative estimate of drug-likeness (QED) is 0.636. The summed E-state index contributed by atoms with van der Waals surface area (Å²) in [5, 5.41) is 14.2. The zero-order valence-corrected chi connectivity index (χ0v) is 14.5. The molecule has 0 atom stereocenters. The first kappa shape index (κ1) is 19.9. The number of rotatable bonds is 4. The van der Waals surface area contributed by atoms with E-state index >= 15 is 0 Å². The third-order valence-electron chi connectivity index (χ3n) is 3.77. The third kappa shape index (κ3) is 4.65. The molecule has 132 valence electrons. The van der Waals surface area contributed by atoms with Gasteiger partial charge in [-0.25, -0.2) is 0 Å². The van der Waals surface area contributed by atoms with Gasteiger partial charge in [-0.2, -0.15) is 0 Å². The number of benzene rings is 1. The minimum atomic E-state index is -0.585. The van der Waals surface area contributed by atoms with Gasteiger partial charge in [0.2, 0.25) is 5.91 Å². The molecule has 1 aromatic rings. The van der Waals surface area contributed by atoms with Crippen molar-refractivity contribution >= 4 is 29.9 Å². The minimum Gasteiger partial charge on any atom is -0.339 e. The highest BCUT2D eigenvalue weighted by Crippen LogP contribution is 2.21. The van der Waals surface area contributed by atoms with Gasteiger partial charge in [0.1, 0.15) is 5.56 Å². The average molecular weight is 357 g/mol. The molecule has 0 saturated carbocycles. The molecule has 0 aliphatic carbocycles. The Morgan fingerprint density at radius 1 is 1.33 bits per heavy atom. The van der Waals surface area contributed by atoms with Crippen LogP contribution in [0.1, 0.15) is 15.9 Å². The Balaban J connectivity index is 0.00000288. The van der Waals surface area contributed by atoms with Crippen LogP contribution in [0.5, 0.6) is 0 Å². The summed E-state index contributed by atoms with van der Waals surface area (Å²) >= 11 is 0. The zero-order chi connectivity index (χ0) is 17.0. The van der Waals surface area contributed by atoms with E-state index in [-0.39, 0.29) is 36.1 Å². The molecule has 0 spiro atoms. The molecule has 8 nitrogen and oxygen atoms in total. The molecule has 1 heterocycles. The lowest BCUT2D eigenvalue weighted by molar-refractivity contribution is -0.385. The SMILES string of the molecule is Cc1ccc([N+](=O)[O-])c(C(=O)N(C)CC(=O)N2CCNCC2)c1.Cl. The predicted octanol–water partition coefficient (Wildman–Crippen LogP) is 0.829. The molecule has 1 fully saturated rings. The molecule has 1 aliphatic rings. The lowest BCUT2D eigenvalue weighted by Gasteiger charge is -2.29. The second kappa shape index (κ2) is 8.60.